The number of aromatic amines is 1. The zero-order valence-corrected chi connectivity index (χ0v) is 11.5. The topological polar surface area (TPSA) is 69.3 Å². The number of hydrogen-bond acceptors (Lipinski definition) is 3. The number of nitrogens with one attached hydrogen (secondary N) is 1. The number of amides is 2. The molecule has 108 valence electrons. The fraction of sp³-hybridized carbons (Fsp3) is 0.643. The molecule has 1 aromatic heterocycles. The van der Waals surface area contributed by atoms with Crippen LogP contribution in [0.1, 0.15) is 36.2 Å². The van der Waals surface area contributed by atoms with E-state index in [2.05, 4.69) is 10.2 Å². The molecule has 0 saturated carbocycles. The molecule has 2 fully saturated rings. The molecular weight excluding hydrogens is 256 g/mol. The summed E-state index contributed by atoms with van der Waals surface area (Å²) in [6.45, 7) is 2.83. The molecule has 0 aliphatic carbocycles. The maximum Gasteiger partial charge on any atom is 0.271 e. The highest BCUT2D eigenvalue weighted by Crippen LogP contribution is 2.22. The minimum atomic E-state index is -0.0672. The van der Waals surface area contributed by atoms with Crippen molar-refractivity contribution in [1.82, 2.24) is 20.0 Å². The molecule has 3 heterocycles. The molecular formula is C14H20N4O2. The van der Waals surface area contributed by atoms with Crippen molar-refractivity contribution in [1.29, 1.82) is 0 Å². The summed E-state index contributed by atoms with van der Waals surface area (Å²) in [4.78, 5) is 28.1. The smallest absolute Gasteiger partial charge is 0.271 e. The first-order valence-electron chi connectivity index (χ1n) is 7.33. The lowest BCUT2D eigenvalue weighted by atomic mass is 9.97. The van der Waals surface area contributed by atoms with E-state index in [4.69, 9.17) is 0 Å². The lowest BCUT2D eigenvalue weighted by Gasteiger charge is -2.40. The van der Waals surface area contributed by atoms with Gasteiger partial charge in [0.2, 0.25) is 5.91 Å². The monoisotopic (exact) mass is 276 g/mol. The summed E-state index contributed by atoms with van der Waals surface area (Å²) in [5.41, 5.74) is 0.491. The Morgan fingerprint density at radius 1 is 1.10 bits per heavy atom. The lowest BCUT2D eigenvalue weighted by molar-refractivity contribution is -0.139. The van der Waals surface area contributed by atoms with Gasteiger partial charge in [-0.3, -0.25) is 14.7 Å². The van der Waals surface area contributed by atoms with Crippen LogP contribution in [0.5, 0.6) is 0 Å². The van der Waals surface area contributed by atoms with Crippen LogP contribution < -0.4 is 0 Å². The normalized spacial score (nSPS) is 20.4. The second-order valence-corrected chi connectivity index (χ2v) is 5.62. The zero-order chi connectivity index (χ0) is 13.9. The van der Waals surface area contributed by atoms with Gasteiger partial charge in [0.1, 0.15) is 5.69 Å². The van der Waals surface area contributed by atoms with Gasteiger partial charge in [0.05, 0.1) is 5.92 Å². The van der Waals surface area contributed by atoms with E-state index in [1.807, 2.05) is 4.90 Å². The molecule has 0 spiro atoms. The number of aromatic nitrogens is 2. The number of H-pyrrole nitrogens is 1. The van der Waals surface area contributed by atoms with E-state index >= 15 is 0 Å². The Kier molecular flexibility index (Phi) is 3.71. The number of carbonyl (C=O) groups excluding carboxylic acids is 2. The van der Waals surface area contributed by atoms with Gasteiger partial charge in [-0.15, -0.1) is 0 Å². The highest BCUT2D eigenvalue weighted by molar-refractivity contribution is 5.94. The summed E-state index contributed by atoms with van der Waals surface area (Å²) in [7, 11) is 0. The van der Waals surface area contributed by atoms with Gasteiger partial charge in [-0.1, -0.05) is 12.8 Å². The van der Waals surface area contributed by atoms with Crippen molar-refractivity contribution < 1.29 is 9.59 Å². The van der Waals surface area contributed by atoms with E-state index in [1.54, 1.807) is 17.2 Å². The minimum Gasteiger partial charge on any atom is -0.342 e. The predicted octanol–water partition coefficient (Wildman–Crippen LogP) is 0.884. The third kappa shape index (κ3) is 2.55. The molecule has 2 amide bonds. The van der Waals surface area contributed by atoms with Crippen molar-refractivity contribution in [2.45, 2.75) is 25.7 Å². The molecule has 2 aliphatic heterocycles. The SMILES string of the molecule is O=C(c1ccn[nH]1)N1CC(C(=O)N2CCCCCC2)C1. The molecule has 2 aliphatic rings. The Morgan fingerprint density at radius 3 is 2.40 bits per heavy atom. The highest BCUT2D eigenvalue weighted by atomic mass is 16.2. The maximum atomic E-state index is 12.4. The van der Waals surface area contributed by atoms with Crippen molar-refractivity contribution in [3.8, 4) is 0 Å². The number of likely N-dealkylation sites (tertiary alicyclic amines) is 2. The van der Waals surface area contributed by atoms with Crippen LogP contribution in [0.15, 0.2) is 12.3 Å². The summed E-state index contributed by atoms with van der Waals surface area (Å²) in [5.74, 6) is 0.142. The summed E-state index contributed by atoms with van der Waals surface area (Å²) < 4.78 is 0. The van der Waals surface area contributed by atoms with Crippen LogP contribution in [0.2, 0.25) is 0 Å². The average molecular weight is 276 g/mol. The standard InChI is InChI=1S/C14H20N4O2/c19-13(17-7-3-1-2-4-8-17)11-9-18(10-11)14(20)12-5-6-15-16-12/h5-6,11H,1-4,7-10H2,(H,15,16). The first-order valence-corrected chi connectivity index (χ1v) is 7.33. The minimum absolute atomic E-state index is 0.0139. The van der Waals surface area contributed by atoms with Gasteiger partial charge in [0.15, 0.2) is 0 Å². The number of rotatable bonds is 2. The van der Waals surface area contributed by atoms with Crippen LogP contribution >= 0.6 is 0 Å². The van der Waals surface area contributed by atoms with Crippen molar-refractivity contribution >= 4 is 11.8 Å². The van der Waals surface area contributed by atoms with Crippen molar-refractivity contribution in [2.75, 3.05) is 26.2 Å². The van der Waals surface area contributed by atoms with Crippen molar-refractivity contribution in [3.05, 3.63) is 18.0 Å². The number of hydrogen-bond donors (Lipinski definition) is 1. The van der Waals surface area contributed by atoms with Gasteiger partial charge in [-0.25, -0.2) is 0 Å². The molecule has 20 heavy (non-hydrogen) atoms. The Bertz CT molecular complexity index is 471. The third-order valence-electron chi connectivity index (χ3n) is 4.17. The van der Waals surface area contributed by atoms with Crippen LogP contribution in [0, 0.1) is 5.92 Å². The summed E-state index contributed by atoms with van der Waals surface area (Å²) in [5, 5.41) is 6.44. The third-order valence-corrected chi connectivity index (χ3v) is 4.17. The molecule has 0 radical (unpaired) electrons. The Morgan fingerprint density at radius 2 is 1.80 bits per heavy atom. The maximum absolute atomic E-state index is 12.4. The molecule has 6 heteroatoms. The van der Waals surface area contributed by atoms with Crippen LogP contribution in [0.4, 0.5) is 0 Å². The summed E-state index contributed by atoms with van der Waals surface area (Å²) in [6.07, 6.45) is 6.22. The first-order chi connectivity index (χ1) is 9.75. The first kappa shape index (κ1) is 13.1. The van der Waals surface area contributed by atoms with E-state index in [9.17, 15) is 9.59 Å². The zero-order valence-electron chi connectivity index (χ0n) is 11.5. The van der Waals surface area contributed by atoms with Crippen LogP contribution in [0.25, 0.3) is 0 Å². The van der Waals surface area contributed by atoms with Crippen LogP contribution in [-0.4, -0.2) is 58.0 Å². The van der Waals surface area contributed by atoms with Crippen LogP contribution in [0.3, 0.4) is 0 Å². The summed E-state index contributed by atoms with van der Waals surface area (Å²) in [6, 6.07) is 1.66. The summed E-state index contributed by atoms with van der Waals surface area (Å²) >= 11 is 0. The molecule has 2 saturated heterocycles. The molecule has 3 rings (SSSR count). The van der Waals surface area contributed by atoms with Gasteiger partial charge in [0, 0.05) is 32.4 Å². The van der Waals surface area contributed by atoms with E-state index in [0.29, 0.717) is 18.8 Å². The number of nitrogens with zero attached hydrogens (tertiary/aromatic N) is 3. The highest BCUT2D eigenvalue weighted by Gasteiger charge is 2.38. The predicted molar refractivity (Wildman–Crippen MR) is 73.0 cm³/mol. The molecule has 1 aromatic rings. The van der Waals surface area contributed by atoms with E-state index in [-0.39, 0.29) is 17.7 Å². The largest absolute Gasteiger partial charge is 0.342 e. The van der Waals surface area contributed by atoms with E-state index < -0.39 is 0 Å². The molecule has 0 unspecified atom stereocenters. The lowest BCUT2D eigenvalue weighted by Crippen LogP contribution is -2.56. The van der Waals surface area contributed by atoms with Gasteiger partial charge < -0.3 is 9.80 Å². The van der Waals surface area contributed by atoms with Gasteiger partial charge >= 0.3 is 0 Å². The number of carbonyl (C=O) groups is 2. The fourth-order valence-corrected chi connectivity index (χ4v) is 2.90. The average Bonchev–Trinajstić information content (AvgIpc) is 2.79. The second kappa shape index (κ2) is 5.64. The van der Waals surface area contributed by atoms with Gasteiger partial charge in [-0.2, -0.15) is 5.10 Å². The van der Waals surface area contributed by atoms with Gasteiger partial charge in [-0.05, 0) is 18.9 Å². The Hall–Kier alpha value is -1.85. The molecule has 0 aromatic carbocycles. The van der Waals surface area contributed by atoms with E-state index in [1.165, 1.54) is 12.8 Å². The Balaban J connectivity index is 1.52. The molecule has 1 N–H and O–H groups in total. The van der Waals surface area contributed by atoms with E-state index in [0.717, 1.165) is 25.9 Å². The fourth-order valence-electron chi connectivity index (χ4n) is 2.90. The van der Waals surface area contributed by atoms with Crippen LogP contribution in [-0.2, 0) is 4.79 Å². The quantitative estimate of drug-likeness (QED) is 0.872. The Labute approximate surface area is 118 Å². The van der Waals surface area contributed by atoms with Crippen molar-refractivity contribution in [3.63, 3.8) is 0 Å². The molecule has 0 bridgehead atoms. The molecule has 0 atom stereocenters. The van der Waals surface area contributed by atoms with Gasteiger partial charge in [0.25, 0.3) is 5.91 Å². The van der Waals surface area contributed by atoms with Crippen molar-refractivity contribution in [2.24, 2.45) is 5.92 Å². The second-order valence-electron chi connectivity index (χ2n) is 5.62. The molecule has 6 nitrogen and oxygen atoms in total.